The summed E-state index contributed by atoms with van der Waals surface area (Å²) in [6.07, 6.45) is -18.1. The molecule has 3 rings (SSSR count). The smallest absolute Gasteiger partial charge is 0.364 e. The molecule has 3 aliphatic rings. The molecule has 17 N–H and O–H groups in total. The van der Waals surface area contributed by atoms with Gasteiger partial charge in [0.05, 0.1) is 49.7 Å². The number of amides is 2. The van der Waals surface area contributed by atoms with Crippen LogP contribution in [-0.4, -0.2) is 226 Å². The third kappa shape index (κ3) is 15.9. The average Bonchev–Trinajstić information content (AvgIpc) is 3.62. The molecule has 26 heteroatoms. The lowest BCUT2D eigenvalue weighted by molar-refractivity contribution is -0.351. The van der Waals surface area contributed by atoms with Crippen molar-refractivity contribution in [3.05, 3.63) is 0 Å². The van der Waals surface area contributed by atoms with E-state index >= 15 is 0 Å². The molecule has 0 aliphatic carbocycles. The fraction of sp³-hybridized carbons (Fsp3) is 0.886. The summed E-state index contributed by atoms with van der Waals surface area (Å²) in [6.45, 7) is 2.70. The highest BCUT2D eigenvalue weighted by Gasteiger charge is 2.61. The van der Waals surface area contributed by atoms with Gasteiger partial charge >= 0.3 is 17.9 Å². The Morgan fingerprint density at radius 3 is 1.50 bits per heavy atom. The van der Waals surface area contributed by atoms with Gasteiger partial charge in [-0.15, -0.1) is 0 Å². The first-order valence-electron chi connectivity index (χ1n) is 24.2. The van der Waals surface area contributed by atoms with Crippen LogP contribution >= 0.6 is 0 Å². The number of nitrogens with two attached hydrogens (primary N) is 1. The lowest BCUT2D eigenvalue weighted by atomic mass is 9.87. The molecule has 0 bridgehead atoms. The molecule has 3 aliphatic heterocycles. The van der Waals surface area contributed by atoms with Crippen molar-refractivity contribution in [1.82, 2.24) is 16.0 Å². The van der Waals surface area contributed by atoms with Crippen molar-refractivity contribution in [2.45, 2.75) is 220 Å². The van der Waals surface area contributed by atoms with E-state index in [0.717, 1.165) is 32.1 Å². The largest absolute Gasteiger partial charge is 0.479 e. The van der Waals surface area contributed by atoms with Crippen LogP contribution in [0.2, 0.25) is 0 Å². The molecular weight excluding hydrogens is 936 g/mol. The number of hydrogen-bond acceptors (Lipinski definition) is 21. The SMILES string of the molecule is CCCCCCCCCCCCNCC(O)C1OC(OC(CO)C(O)C2OC(OC(CO)C(O)C3OC(C(O)C(=O)O)C(O)C3N)(C(=O)O)CC(O)C2NC(=O)CC)(C(=O)O)CC(O)C1NC(=O)CC. The topological polar surface area (TPSA) is 436 Å². The molecule has 2 amide bonds. The van der Waals surface area contributed by atoms with Crippen LogP contribution in [0.5, 0.6) is 0 Å². The van der Waals surface area contributed by atoms with Crippen molar-refractivity contribution in [3.8, 4) is 0 Å². The molecule has 18 unspecified atom stereocenters. The predicted octanol–water partition coefficient (Wildman–Crippen LogP) is -4.11. The number of ether oxygens (including phenoxy) is 5. The van der Waals surface area contributed by atoms with Crippen LogP contribution in [0.1, 0.15) is 111 Å². The molecule has 3 saturated heterocycles. The van der Waals surface area contributed by atoms with Crippen molar-refractivity contribution in [3.63, 3.8) is 0 Å². The van der Waals surface area contributed by atoms with Crippen LogP contribution in [0.25, 0.3) is 0 Å². The minimum absolute atomic E-state index is 0.0761. The van der Waals surface area contributed by atoms with Gasteiger partial charge in [0.2, 0.25) is 11.8 Å². The summed E-state index contributed by atoms with van der Waals surface area (Å²) in [7, 11) is 0. The van der Waals surface area contributed by atoms with Gasteiger partial charge in [-0.05, 0) is 13.0 Å². The van der Waals surface area contributed by atoms with Gasteiger partial charge in [-0.2, -0.15) is 0 Å². The summed E-state index contributed by atoms with van der Waals surface area (Å²) in [5.41, 5.74) is 5.94. The minimum atomic E-state index is -3.21. The van der Waals surface area contributed by atoms with Gasteiger partial charge in [-0.1, -0.05) is 78.6 Å². The van der Waals surface area contributed by atoms with E-state index in [4.69, 9.17) is 29.4 Å². The number of aliphatic hydroxyl groups excluding tert-OH is 9. The molecule has 0 aromatic rings. The van der Waals surface area contributed by atoms with Crippen molar-refractivity contribution in [1.29, 1.82) is 0 Å². The van der Waals surface area contributed by atoms with Gasteiger partial charge in [0.15, 0.2) is 6.10 Å². The van der Waals surface area contributed by atoms with Crippen molar-refractivity contribution in [2.24, 2.45) is 5.73 Å². The monoisotopic (exact) mass is 1010 g/mol. The Hall–Kier alpha value is -3.29. The molecule has 0 aromatic heterocycles. The first kappa shape index (κ1) is 61.0. The number of carbonyl (C=O) groups is 5. The maximum Gasteiger partial charge on any atom is 0.364 e. The molecule has 26 nitrogen and oxygen atoms in total. The number of aliphatic carboxylic acids is 3. The Morgan fingerprint density at radius 1 is 0.643 bits per heavy atom. The van der Waals surface area contributed by atoms with Crippen LogP contribution in [0.3, 0.4) is 0 Å². The molecular formula is C44H78N4O22. The quantitative estimate of drug-likeness (QED) is 0.0285. The van der Waals surface area contributed by atoms with Crippen molar-refractivity contribution in [2.75, 3.05) is 26.3 Å². The second kappa shape index (κ2) is 28.8. The molecule has 406 valence electrons. The number of rotatable bonds is 32. The van der Waals surface area contributed by atoms with E-state index in [2.05, 4.69) is 22.9 Å². The fourth-order valence-corrected chi connectivity index (χ4v) is 8.91. The van der Waals surface area contributed by atoms with Crippen LogP contribution in [0, 0.1) is 0 Å². The number of hydrogen-bond donors (Lipinski definition) is 16. The highest BCUT2D eigenvalue weighted by Crippen LogP contribution is 2.39. The first-order valence-corrected chi connectivity index (χ1v) is 24.2. The van der Waals surface area contributed by atoms with E-state index in [1.54, 1.807) is 0 Å². The molecule has 3 fully saturated rings. The summed E-state index contributed by atoms with van der Waals surface area (Å²) >= 11 is 0. The molecule has 0 spiro atoms. The standard InChI is InChI=1S/C44H78N4O22/c1-4-7-8-9-10-11-12-13-14-15-16-46-19-24(53)36-30(47-27(54)5-2)22(51)17-43(69-36,41(62)63)68-26(21-50)33(57)38-31(48-28(55)6-3)23(52)18-44(70-38,42(64)65)67-25(20-49)32(56)37-29(45)34(58)39(66-37)35(59)40(60)61/h22-26,29-39,46,49-53,56-59H,4-21,45H2,1-3H3,(H,47,54)(H,48,55)(H,60,61)(H,62,63)(H,64,65). The van der Waals surface area contributed by atoms with E-state index in [1.165, 1.54) is 46.0 Å². The van der Waals surface area contributed by atoms with Gasteiger partial charge < -0.3 is 107 Å². The second-order valence-electron chi connectivity index (χ2n) is 18.2. The zero-order valence-electron chi connectivity index (χ0n) is 40.0. The average molecular weight is 1020 g/mol. The molecule has 0 aromatic carbocycles. The molecule has 0 radical (unpaired) electrons. The summed E-state index contributed by atoms with van der Waals surface area (Å²) in [5, 5.41) is 138. The Labute approximate surface area is 405 Å². The van der Waals surface area contributed by atoms with Gasteiger partial charge in [-0.25, -0.2) is 14.4 Å². The molecule has 70 heavy (non-hydrogen) atoms. The maximum absolute atomic E-state index is 13.2. The number of carbonyl (C=O) groups excluding carboxylic acids is 2. The first-order chi connectivity index (χ1) is 33.1. The minimum Gasteiger partial charge on any atom is -0.479 e. The highest BCUT2D eigenvalue weighted by atomic mass is 16.8. The lowest BCUT2D eigenvalue weighted by Gasteiger charge is -2.50. The summed E-state index contributed by atoms with van der Waals surface area (Å²) < 4.78 is 28.4. The normalized spacial score (nSPS) is 32.8. The summed E-state index contributed by atoms with van der Waals surface area (Å²) in [4.78, 5) is 63.1. The number of carboxylic acid groups (broad SMARTS) is 3. The Bertz CT molecular complexity index is 1650. The highest BCUT2D eigenvalue weighted by molar-refractivity contribution is 5.78. The lowest BCUT2D eigenvalue weighted by Crippen LogP contribution is -2.71. The van der Waals surface area contributed by atoms with Gasteiger partial charge in [0, 0.05) is 32.2 Å². The molecule has 0 saturated carbocycles. The van der Waals surface area contributed by atoms with Gasteiger partial charge in [-0.3, -0.25) is 9.59 Å². The van der Waals surface area contributed by atoms with Gasteiger partial charge in [0.1, 0.15) is 54.9 Å². The molecule has 18 atom stereocenters. The zero-order valence-corrected chi connectivity index (χ0v) is 40.0. The summed E-state index contributed by atoms with van der Waals surface area (Å²) in [6, 6.07) is -4.87. The maximum atomic E-state index is 13.2. The van der Waals surface area contributed by atoms with E-state index in [0.29, 0.717) is 6.54 Å². The Kier molecular flexibility index (Phi) is 25.1. The molecule has 3 heterocycles. The van der Waals surface area contributed by atoms with Crippen molar-refractivity contribution < 1.29 is 109 Å². The second-order valence-corrected chi connectivity index (χ2v) is 18.2. The summed E-state index contributed by atoms with van der Waals surface area (Å²) in [5.74, 6) is -13.5. The van der Waals surface area contributed by atoms with E-state index in [-0.39, 0.29) is 19.4 Å². The number of nitrogens with one attached hydrogen (secondary N) is 3. The Balaban J connectivity index is 1.91. The third-order valence-corrected chi connectivity index (χ3v) is 13.0. The van der Waals surface area contributed by atoms with E-state index in [9.17, 15) is 85.3 Å². The van der Waals surface area contributed by atoms with Crippen LogP contribution in [0.4, 0.5) is 0 Å². The van der Waals surface area contributed by atoms with Gasteiger partial charge in [0.25, 0.3) is 11.6 Å². The van der Waals surface area contributed by atoms with Crippen LogP contribution in [0.15, 0.2) is 0 Å². The van der Waals surface area contributed by atoms with Crippen LogP contribution in [-0.2, 0) is 47.7 Å². The predicted molar refractivity (Wildman–Crippen MR) is 239 cm³/mol. The van der Waals surface area contributed by atoms with Crippen LogP contribution < -0.4 is 21.7 Å². The fourth-order valence-electron chi connectivity index (χ4n) is 8.91. The zero-order chi connectivity index (χ0) is 52.5. The third-order valence-electron chi connectivity index (χ3n) is 13.0. The number of aliphatic hydroxyl groups is 9. The number of carboxylic acids is 3. The Morgan fingerprint density at radius 2 is 1.07 bits per heavy atom. The van der Waals surface area contributed by atoms with Crippen molar-refractivity contribution >= 4 is 29.7 Å². The van der Waals surface area contributed by atoms with E-state index < -0.39 is 165 Å². The number of unbranched alkanes of at least 4 members (excludes halogenated alkanes) is 9. The van der Waals surface area contributed by atoms with E-state index in [1.807, 2.05) is 0 Å².